The molecule has 0 radical (unpaired) electrons. The molecule has 156 valence electrons. The third-order valence-corrected chi connectivity index (χ3v) is 5.89. The van der Waals surface area contributed by atoms with Crippen molar-refractivity contribution >= 4 is 11.6 Å². The highest BCUT2D eigenvalue weighted by Gasteiger charge is 2.21. The smallest absolute Gasteiger partial charge is 0.272 e. The Morgan fingerprint density at radius 1 is 1.21 bits per heavy atom. The summed E-state index contributed by atoms with van der Waals surface area (Å²) >= 11 is 0. The molecule has 2 N–H and O–H groups in total. The molecule has 1 aromatic heterocycles. The van der Waals surface area contributed by atoms with Crippen LogP contribution in [0.2, 0.25) is 0 Å². The van der Waals surface area contributed by atoms with Crippen molar-refractivity contribution < 1.29 is 4.79 Å². The lowest BCUT2D eigenvalue weighted by molar-refractivity contribution is 0.0921. The number of benzene rings is 1. The minimum absolute atomic E-state index is 0.0806. The highest BCUT2D eigenvalue weighted by Crippen LogP contribution is 2.17. The van der Waals surface area contributed by atoms with Gasteiger partial charge in [0.2, 0.25) is 0 Å². The molecule has 2 fully saturated rings. The Balaban J connectivity index is 1.23. The second-order valence-corrected chi connectivity index (χ2v) is 8.18. The topological polar surface area (TPSA) is 65.4 Å². The van der Waals surface area contributed by atoms with E-state index in [1.807, 2.05) is 16.9 Å². The summed E-state index contributed by atoms with van der Waals surface area (Å²) < 4.78 is 1.94. The van der Waals surface area contributed by atoms with Gasteiger partial charge in [-0.05, 0) is 44.5 Å². The van der Waals surface area contributed by atoms with Crippen LogP contribution in [-0.4, -0.2) is 72.4 Å². The third kappa shape index (κ3) is 5.16. The Bertz CT molecular complexity index is 778. The molecule has 3 heterocycles. The third-order valence-electron chi connectivity index (χ3n) is 5.89. The number of carbonyl (C=O) groups excluding carboxylic acids is 1. The van der Waals surface area contributed by atoms with Crippen LogP contribution >= 0.6 is 0 Å². The molecule has 2 aromatic rings. The number of piperidine rings is 1. The highest BCUT2D eigenvalue weighted by atomic mass is 16.2. The molecule has 1 amide bonds. The maximum absolute atomic E-state index is 12.6. The van der Waals surface area contributed by atoms with Gasteiger partial charge >= 0.3 is 0 Å². The van der Waals surface area contributed by atoms with Gasteiger partial charge in [-0.3, -0.25) is 14.4 Å². The predicted octanol–water partition coefficient (Wildman–Crippen LogP) is 1.75. The maximum atomic E-state index is 12.6. The van der Waals surface area contributed by atoms with Crippen molar-refractivity contribution in [2.24, 2.45) is 0 Å². The van der Waals surface area contributed by atoms with Crippen LogP contribution in [0.1, 0.15) is 36.3 Å². The second kappa shape index (κ2) is 9.41. The number of nitrogens with zero attached hydrogens (tertiary/aromatic N) is 4. The van der Waals surface area contributed by atoms with E-state index in [9.17, 15) is 4.79 Å². The zero-order valence-electron chi connectivity index (χ0n) is 17.3. The number of aromatic nitrogens is 2. The van der Waals surface area contributed by atoms with E-state index in [2.05, 4.69) is 62.8 Å². The van der Waals surface area contributed by atoms with Gasteiger partial charge in [-0.1, -0.05) is 18.2 Å². The number of anilines is 1. The van der Waals surface area contributed by atoms with E-state index in [1.54, 1.807) is 0 Å². The van der Waals surface area contributed by atoms with Gasteiger partial charge in [0, 0.05) is 57.2 Å². The molecule has 2 unspecified atom stereocenters. The van der Waals surface area contributed by atoms with Crippen LogP contribution in [0.5, 0.6) is 0 Å². The molecule has 29 heavy (non-hydrogen) atoms. The van der Waals surface area contributed by atoms with E-state index >= 15 is 0 Å². The zero-order chi connectivity index (χ0) is 20.1. The minimum atomic E-state index is -0.0806. The molecule has 0 spiro atoms. The SMILES string of the molecule is CC(CN1CCN(c2ccccc2)CC1)NC(=O)c1ccn(C2CCCNC2)n1. The summed E-state index contributed by atoms with van der Waals surface area (Å²) in [5.74, 6) is -0.0806. The van der Waals surface area contributed by atoms with E-state index < -0.39 is 0 Å². The quantitative estimate of drug-likeness (QED) is 0.779. The summed E-state index contributed by atoms with van der Waals surface area (Å²) in [6.45, 7) is 8.99. The summed E-state index contributed by atoms with van der Waals surface area (Å²) in [6, 6.07) is 12.8. The van der Waals surface area contributed by atoms with Crippen LogP contribution in [0.3, 0.4) is 0 Å². The Morgan fingerprint density at radius 3 is 2.72 bits per heavy atom. The Morgan fingerprint density at radius 2 is 2.00 bits per heavy atom. The molecule has 2 aliphatic rings. The molecular formula is C22H32N6O. The van der Waals surface area contributed by atoms with E-state index in [1.165, 1.54) is 5.69 Å². The number of amides is 1. The van der Waals surface area contributed by atoms with Crippen LogP contribution in [0, 0.1) is 0 Å². The van der Waals surface area contributed by atoms with Crippen molar-refractivity contribution in [3.05, 3.63) is 48.3 Å². The fourth-order valence-corrected chi connectivity index (χ4v) is 4.28. The molecule has 4 rings (SSSR count). The van der Waals surface area contributed by atoms with Crippen LogP contribution < -0.4 is 15.5 Å². The predicted molar refractivity (Wildman–Crippen MR) is 115 cm³/mol. The molecule has 0 bridgehead atoms. The summed E-state index contributed by atoms with van der Waals surface area (Å²) in [6.07, 6.45) is 4.20. The zero-order valence-corrected chi connectivity index (χ0v) is 17.3. The molecule has 2 aliphatic heterocycles. The largest absolute Gasteiger partial charge is 0.369 e. The maximum Gasteiger partial charge on any atom is 0.272 e. The van der Waals surface area contributed by atoms with Crippen molar-refractivity contribution in [1.82, 2.24) is 25.3 Å². The Hall–Kier alpha value is -2.38. The van der Waals surface area contributed by atoms with Crippen molar-refractivity contribution in [2.45, 2.75) is 31.8 Å². The molecule has 7 heteroatoms. The first kappa shape index (κ1) is 19.9. The average molecular weight is 397 g/mol. The number of para-hydroxylation sites is 1. The molecule has 2 saturated heterocycles. The summed E-state index contributed by atoms with van der Waals surface area (Å²) in [5.41, 5.74) is 1.80. The molecule has 1 aromatic carbocycles. The highest BCUT2D eigenvalue weighted by molar-refractivity contribution is 5.92. The van der Waals surface area contributed by atoms with Crippen molar-refractivity contribution in [1.29, 1.82) is 0 Å². The first-order chi connectivity index (χ1) is 14.2. The minimum Gasteiger partial charge on any atom is -0.369 e. The van der Waals surface area contributed by atoms with E-state index in [4.69, 9.17) is 0 Å². The number of piperazine rings is 1. The van der Waals surface area contributed by atoms with Crippen molar-refractivity contribution in [2.75, 3.05) is 50.7 Å². The summed E-state index contributed by atoms with van der Waals surface area (Å²) in [5, 5.41) is 11.0. The Labute approximate surface area is 173 Å². The van der Waals surface area contributed by atoms with Crippen LogP contribution in [0.25, 0.3) is 0 Å². The van der Waals surface area contributed by atoms with Crippen molar-refractivity contribution in [3.63, 3.8) is 0 Å². The van der Waals surface area contributed by atoms with Crippen LogP contribution in [-0.2, 0) is 0 Å². The second-order valence-electron chi connectivity index (χ2n) is 8.18. The normalized spacial score (nSPS) is 21.7. The van der Waals surface area contributed by atoms with Gasteiger partial charge in [0.15, 0.2) is 0 Å². The van der Waals surface area contributed by atoms with Gasteiger partial charge in [-0.2, -0.15) is 5.10 Å². The van der Waals surface area contributed by atoms with Gasteiger partial charge < -0.3 is 15.5 Å². The monoisotopic (exact) mass is 396 g/mol. The van der Waals surface area contributed by atoms with E-state index in [-0.39, 0.29) is 11.9 Å². The molecule has 0 saturated carbocycles. The first-order valence-corrected chi connectivity index (χ1v) is 10.8. The molecule has 0 aliphatic carbocycles. The fourth-order valence-electron chi connectivity index (χ4n) is 4.28. The average Bonchev–Trinajstić information content (AvgIpc) is 3.26. The lowest BCUT2D eigenvalue weighted by Gasteiger charge is -2.37. The Kier molecular flexibility index (Phi) is 6.46. The van der Waals surface area contributed by atoms with Gasteiger partial charge in [0.05, 0.1) is 6.04 Å². The first-order valence-electron chi connectivity index (χ1n) is 10.8. The van der Waals surface area contributed by atoms with Gasteiger partial charge in [-0.25, -0.2) is 0 Å². The molecular weight excluding hydrogens is 364 g/mol. The standard InChI is InChI=1S/C22H32N6O/c1-18(17-26-12-14-27(15-13-26)19-6-3-2-4-7-19)24-22(29)21-9-11-28(25-21)20-8-5-10-23-16-20/h2-4,6-7,9,11,18,20,23H,5,8,10,12-17H2,1H3,(H,24,29). The van der Waals surface area contributed by atoms with Gasteiger partial charge in [0.25, 0.3) is 5.91 Å². The molecule has 7 nitrogen and oxygen atoms in total. The fraction of sp³-hybridized carbons (Fsp3) is 0.545. The lowest BCUT2D eigenvalue weighted by atomic mass is 10.1. The number of nitrogens with one attached hydrogen (secondary N) is 2. The number of carbonyl (C=O) groups is 1. The van der Waals surface area contributed by atoms with E-state index in [0.29, 0.717) is 11.7 Å². The van der Waals surface area contributed by atoms with E-state index in [0.717, 1.165) is 58.7 Å². The summed E-state index contributed by atoms with van der Waals surface area (Å²) in [7, 11) is 0. The summed E-state index contributed by atoms with van der Waals surface area (Å²) in [4.78, 5) is 17.5. The molecule has 2 atom stereocenters. The van der Waals surface area contributed by atoms with Crippen molar-refractivity contribution in [3.8, 4) is 0 Å². The van der Waals surface area contributed by atoms with Crippen LogP contribution in [0.15, 0.2) is 42.6 Å². The van der Waals surface area contributed by atoms with Gasteiger partial charge in [-0.15, -0.1) is 0 Å². The number of hydrogen-bond acceptors (Lipinski definition) is 5. The van der Waals surface area contributed by atoms with Crippen LogP contribution in [0.4, 0.5) is 5.69 Å². The lowest BCUT2D eigenvalue weighted by Crippen LogP contribution is -2.50. The van der Waals surface area contributed by atoms with Gasteiger partial charge in [0.1, 0.15) is 5.69 Å². The number of rotatable bonds is 6. The number of hydrogen-bond donors (Lipinski definition) is 2.